The molecule has 2 aromatic carbocycles. The second-order valence-electron chi connectivity index (χ2n) is 11.2. The average molecular weight is 703 g/mol. The molecular weight excluding hydrogens is 683 g/mol. The van der Waals surface area contributed by atoms with Crippen molar-refractivity contribution in [1.29, 1.82) is 0 Å². The van der Waals surface area contributed by atoms with Gasteiger partial charge in [0, 0.05) is 21.5 Å². The van der Waals surface area contributed by atoms with Crippen LogP contribution in [-0.2, 0) is 23.3 Å². The predicted octanol–water partition coefficient (Wildman–Crippen LogP) is 0.966. The lowest BCUT2D eigenvalue weighted by Crippen LogP contribution is -2.51. The summed E-state index contributed by atoms with van der Waals surface area (Å²) >= 11 is 3.49. The molecule has 0 saturated carbocycles. The maximum atomic E-state index is 13.7. The van der Waals surface area contributed by atoms with Crippen molar-refractivity contribution in [3.63, 3.8) is 0 Å². The van der Waals surface area contributed by atoms with E-state index in [-0.39, 0.29) is 41.5 Å². The number of phenolic OH excluding ortho intramolecular Hbond substituents is 1. The minimum atomic E-state index is -2.04. The molecule has 4 N–H and O–H groups in total. The van der Waals surface area contributed by atoms with Crippen LogP contribution < -0.4 is 42.4 Å². The molecule has 1 atom stereocenters. The molecule has 7 rings (SSSR count). The summed E-state index contributed by atoms with van der Waals surface area (Å²) in [4.78, 5) is 74.3. The van der Waals surface area contributed by atoms with Crippen molar-refractivity contribution in [3.8, 4) is 11.5 Å². The number of aromatic hydroxyl groups is 1. The molecular formula is C33H20BrFN2O10. The third kappa shape index (κ3) is 4.03. The monoisotopic (exact) mass is 702 g/mol. The van der Waals surface area contributed by atoms with Crippen LogP contribution in [0.5, 0.6) is 11.5 Å². The molecule has 4 aliphatic rings. The minimum absolute atomic E-state index is 0.0303. The van der Waals surface area contributed by atoms with Crippen LogP contribution in [0.4, 0.5) is 4.39 Å². The van der Waals surface area contributed by atoms with E-state index in [4.69, 9.17) is 9.57 Å². The molecule has 1 aromatic heterocycles. The molecule has 0 saturated heterocycles. The molecule has 47 heavy (non-hydrogen) atoms. The zero-order valence-corrected chi connectivity index (χ0v) is 25.7. The van der Waals surface area contributed by atoms with E-state index in [0.717, 1.165) is 13.2 Å². The topological polar surface area (TPSA) is 193 Å². The standard InChI is InChI=1S/C33H20BrFN2O10/c1-46-18-9-17(38)20-21(26(18)39)28(41)23-22(27(20)40)30(43)33(31(23)44)7-6-15-24(33)29(42)19-16(25(15)34)8-14(37-32(19)45)10-36-47-11-12-2-4-13(35)5-3-12/h2-5,8-10,42-44H,6-7,11H2,1H3,(H,37,45)/t33-/m0/s1. The molecule has 0 radical (unpaired) electrons. The summed E-state index contributed by atoms with van der Waals surface area (Å²) in [5.74, 6) is -3.09. The Morgan fingerprint density at radius 2 is 1.62 bits per heavy atom. The maximum Gasteiger partial charge on any atom is 0.260 e. The van der Waals surface area contributed by atoms with E-state index >= 15 is 0 Å². The number of nitrogens with one attached hydrogen (secondary N) is 1. The Morgan fingerprint density at radius 1 is 0.957 bits per heavy atom. The third-order valence-corrected chi connectivity index (χ3v) is 9.69. The van der Waals surface area contributed by atoms with Gasteiger partial charge in [0.15, 0.2) is 11.2 Å². The van der Waals surface area contributed by atoms with Gasteiger partial charge in [-0.2, -0.15) is 0 Å². The summed E-state index contributed by atoms with van der Waals surface area (Å²) < 4.78 is 18.3. The number of aliphatic hydroxyl groups excluding tert-OH is 2. The Morgan fingerprint density at radius 3 is 2.28 bits per heavy atom. The van der Waals surface area contributed by atoms with Gasteiger partial charge in [-0.1, -0.05) is 17.3 Å². The lowest BCUT2D eigenvalue weighted by atomic mass is 9.78. The number of ether oxygens (including phenoxy) is 1. The van der Waals surface area contributed by atoms with Crippen LogP contribution >= 0.6 is 15.9 Å². The van der Waals surface area contributed by atoms with E-state index < -0.39 is 82.4 Å². The van der Waals surface area contributed by atoms with Gasteiger partial charge in [-0.05, 0) is 58.1 Å². The van der Waals surface area contributed by atoms with Crippen molar-refractivity contribution in [2.45, 2.75) is 24.9 Å². The van der Waals surface area contributed by atoms with E-state index in [1.54, 1.807) is 0 Å². The molecule has 0 amide bonds. The smallest absolute Gasteiger partial charge is 0.260 e. The second-order valence-corrected chi connectivity index (χ2v) is 12.0. The second kappa shape index (κ2) is 10.5. The number of phenols is 1. The molecule has 0 unspecified atom stereocenters. The summed E-state index contributed by atoms with van der Waals surface area (Å²) in [7, 11) is 1.11. The van der Waals surface area contributed by atoms with Crippen LogP contribution in [0.3, 0.4) is 0 Å². The Bertz CT molecular complexity index is 2740. The van der Waals surface area contributed by atoms with Crippen LogP contribution in [0.2, 0.25) is 0 Å². The van der Waals surface area contributed by atoms with Crippen molar-refractivity contribution in [3.05, 3.63) is 141 Å². The number of hydrogen-bond acceptors (Lipinski definition) is 11. The zero-order valence-electron chi connectivity index (χ0n) is 24.1. The number of benzene rings is 2. The Kier molecular flexibility index (Phi) is 6.68. The van der Waals surface area contributed by atoms with Gasteiger partial charge < -0.3 is 29.9 Å². The van der Waals surface area contributed by atoms with Gasteiger partial charge in [0.1, 0.15) is 35.1 Å². The van der Waals surface area contributed by atoms with Crippen molar-refractivity contribution in [1.82, 2.24) is 4.98 Å². The number of H-pyrrole nitrogens is 1. The number of oxime groups is 1. The first kappa shape index (κ1) is 30.0. The summed E-state index contributed by atoms with van der Waals surface area (Å²) in [6, 6.07) is 7.88. The Balaban J connectivity index is 1.42. The number of aromatic nitrogens is 1. The molecule has 1 spiro atoms. The molecule has 0 aliphatic heterocycles. The largest absolute Gasteiger partial charge is 0.510 e. The van der Waals surface area contributed by atoms with E-state index in [1.165, 1.54) is 36.5 Å². The number of aliphatic hydroxyl groups is 2. The maximum absolute atomic E-state index is 13.7. The number of halogens is 2. The molecule has 0 bridgehead atoms. The molecule has 3 aromatic rings. The fraction of sp³-hybridized carbons (Fsp3) is 0.152. The van der Waals surface area contributed by atoms with Gasteiger partial charge in [-0.3, -0.25) is 24.0 Å². The van der Waals surface area contributed by atoms with Crippen molar-refractivity contribution in [2.24, 2.45) is 5.16 Å². The molecule has 236 valence electrons. The SMILES string of the molecule is COc1cc(=O)c2c(=O)c3c(c(=O)c=2c1=O)=C(O)[C@]1(CCc2c1c(O)c1c(=O)[nH]c(C=NOCc4ccc(F)cc4)cc1c2Br)C=3O. The first-order chi connectivity index (χ1) is 22.4. The molecule has 14 heteroatoms. The van der Waals surface area contributed by atoms with Crippen LogP contribution in [-0.4, -0.2) is 33.6 Å². The van der Waals surface area contributed by atoms with Crippen molar-refractivity contribution in [2.75, 3.05) is 7.11 Å². The predicted molar refractivity (Wildman–Crippen MR) is 170 cm³/mol. The highest BCUT2D eigenvalue weighted by Crippen LogP contribution is 2.56. The summed E-state index contributed by atoms with van der Waals surface area (Å²) in [5, 5.41) is 35.8. The molecule has 0 fully saturated rings. The highest BCUT2D eigenvalue weighted by atomic mass is 79.9. The Labute approximate surface area is 268 Å². The lowest BCUT2D eigenvalue weighted by molar-refractivity contribution is 0.132. The van der Waals surface area contributed by atoms with Crippen molar-refractivity contribution < 1.29 is 29.3 Å². The first-order valence-electron chi connectivity index (χ1n) is 14.0. The van der Waals surface area contributed by atoms with Gasteiger partial charge in [-0.15, -0.1) is 0 Å². The van der Waals surface area contributed by atoms with E-state index in [0.29, 0.717) is 15.6 Å². The van der Waals surface area contributed by atoms with Crippen LogP contribution in [0, 0.1) is 16.3 Å². The highest BCUT2D eigenvalue weighted by molar-refractivity contribution is 9.10. The van der Waals surface area contributed by atoms with Gasteiger partial charge in [0.2, 0.25) is 16.3 Å². The average Bonchev–Trinajstić information content (AvgIpc) is 3.55. The van der Waals surface area contributed by atoms with E-state index in [1.807, 2.05) is 0 Å². The minimum Gasteiger partial charge on any atom is -0.510 e. The number of pyridine rings is 1. The fourth-order valence-corrected chi connectivity index (χ4v) is 7.38. The van der Waals surface area contributed by atoms with E-state index in [9.17, 15) is 43.7 Å². The van der Waals surface area contributed by atoms with Crippen LogP contribution in [0.25, 0.3) is 22.3 Å². The third-order valence-electron chi connectivity index (χ3n) is 8.79. The normalized spacial score (nSPS) is 16.9. The van der Waals surface area contributed by atoms with E-state index in [2.05, 4.69) is 26.1 Å². The van der Waals surface area contributed by atoms with Gasteiger partial charge in [-0.25, -0.2) is 4.39 Å². The van der Waals surface area contributed by atoms with Gasteiger partial charge in [0.25, 0.3) is 5.56 Å². The van der Waals surface area contributed by atoms with Crippen molar-refractivity contribution >= 4 is 44.4 Å². The zero-order chi connectivity index (χ0) is 33.5. The molecule has 12 nitrogen and oxygen atoms in total. The van der Waals surface area contributed by atoms with Crippen LogP contribution in [0.15, 0.2) is 70.0 Å². The number of rotatable bonds is 5. The summed E-state index contributed by atoms with van der Waals surface area (Å²) in [5.41, 5.74) is -6.04. The fourth-order valence-electron chi connectivity index (χ4n) is 6.67. The number of methoxy groups -OCH3 is 1. The van der Waals surface area contributed by atoms with Gasteiger partial charge in [0.05, 0.1) is 45.3 Å². The molecule has 1 heterocycles. The number of hydrogen-bond donors (Lipinski definition) is 4. The number of nitrogens with zero attached hydrogens (tertiary/aromatic N) is 1. The highest BCUT2D eigenvalue weighted by Gasteiger charge is 2.53. The molecule has 4 aliphatic carbocycles. The summed E-state index contributed by atoms with van der Waals surface area (Å²) in [6.45, 7) is 0.0303. The number of aromatic amines is 1. The first-order valence-corrected chi connectivity index (χ1v) is 14.8. The Hall–Kier alpha value is -5.63. The number of fused-ring (bicyclic) bond motifs is 4. The van der Waals surface area contributed by atoms with Gasteiger partial charge >= 0.3 is 0 Å². The summed E-state index contributed by atoms with van der Waals surface area (Å²) in [6.07, 6.45) is 1.18. The quantitative estimate of drug-likeness (QED) is 0.152. The lowest BCUT2D eigenvalue weighted by Gasteiger charge is -2.27. The van der Waals surface area contributed by atoms with Crippen LogP contribution in [0.1, 0.15) is 28.8 Å².